The third-order valence-electron chi connectivity index (χ3n) is 5.63. The number of esters is 2. The van der Waals surface area contributed by atoms with Gasteiger partial charge in [-0.3, -0.25) is 0 Å². The number of rotatable bonds is 10. The minimum atomic E-state index is -0.550. The molecule has 0 bridgehead atoms. The summed E-state index contributed by atoms with van der Waals surface area (Å²) in [6, 6.07) is 19.5. The molecule has 0 N–H and O–H groups in total. The molecule has 3 aromatic carbocycles. The molecule has 0 radical (unpaired) electrons. The van der Waals surface area contributed by atoms with Crippen LogP contribution in [0.2, 0.25) is 0 Å². The maximum absolute atomic E-state index is 12.7. The highest BCUT2D eigenvalue weighted by atomic mass is 16.6. The van der Waals surface area contributed by atoms with Gasteiger partial charge >= 0.3 is 11.9 Å². The lowest BCUT2D eigenvalue weighted by molar-refractivity contribution is -0.129. The van der Waals surface area contributed by atoms with Gasteiger partial charge < -0.3 is 18.9 Å². The van der Waals surface area contributed by atoms with E-state index in [1.165, 1.54) is 0 Å². The quantitative estimate of drug-likeness (QED) is 0.144. The third kappa shape index (κ3) is 6.44. The SMILES string of the molecule is CCCCOc1ccc(C2=N/C(=C\c3ccc(OC(=O)c4ccccc4C)c(OCC)c3)C(=O)O2)cc1. The molecule has 1 aliphatic rings. The van der Waals surface area contributed by atoms with Crippen LogP contribution in [0.5, 0.6) is 17.2 Å². The van der Waals surface area contributed by atoms with Gasteiger partial charge in [0.05, 0.1) is 18.8 Å². The molecule has 0 fully saturated rings. The average molecular weight is 500 g/mol. The molecule has 0 aromatic heterocycles. The number of nitrogens with zero attached hydrogens (tertiary/aromatic N) is 1. The van der Waals surface area contributed by atoms with E-state index in [2.05, 4.69) is 11.9 Å². The molecule has 7 nitrogen and oxygen atoms in total. The Kier molecular flexibility index (Phi) is 8.36. The summed E-state index contributed by atoms with van der Waals surface area (Å²) in [6.45, 7) is 6.82. The van der Waals surface area contributed by atoms with E-state index >= 15 is 0 Å². The summed E-state index contributed by atoms with van der Waals surface area (Å²) in [5.41, 5.74) is 2.78. The number of carbonyl (C=O) groups excluding carboxylic acids is 2. The van der Waals surface area contributed by atoms with Crippen molar-refractivity contribution in [2.24, 2.45) is 4.99 Å². The van der Waals surface area contributed by atoms with Crippen molar-refractivity contribution in [2.75, 3.05) is 13.2 Å². The van der Waals surface area contributed by atoms with Crippen molar-refractivity contribution in [3.05, 3.63) is 94.7 Å². The van der Waals surface area contributed by atoms with Gasteiger partial charge in [-0.25, -0.2) is 14.6 Å². The molecular weight excluding hydrogens is 470 g/mol. The van der Waals surface area contributed by atoms with Gasteiger partial charge in [0.25, 0.3) is 0 Å². The highest BCUT2D eigenvalue weighted by Crippen LogP contribution is 2.31. The molecule has 37 heavy (non-hydrogen) atoms. The average Bonchev–Trinajstić information content (AvgIpc) is 3.26. The topological polar surface area (TPSA) is 83.4 Å². The van der Waals surface area contributed by atoms with Crippen LogP contribution in [-0.2, 0) is 9.53 Å². The smallest absolute Gasteiger partial charge is 0.363 e. The monoisotopic (exact) mass is 499 g/mol. The van der Waals surface area contributed by atoms with Crippen molar-refractivity contribution in [1.82, 2.24) is 0 Å². The van der Waals surface area contributed by atoms with Crippen molar-refractivity contribution < 1.29 is 28.5 Å². The standard InChI is InChI=1S/C30H29NO6/c1-4-6-17-35-23-14-12-22(13-15-23)28-31-25(30(33)37-28)18-21-11-16-26(27(19-21)34-5-2)36-29(32)24-10-8-7-9-20(24)3/h7-16,18-19H,4-6,17H2,1-3H3/b25-18-. The maximum Gasteiger partial charge on any atom is 0.363 e. The van der Waals surface area contributed by atoms with E-state index in [-0.39, 0.29) is 17.3 Å². The van der Waals surface area contributed by atoms with E-state index in [0.717, 1.165) is 24.2 Å². The molecule has 0 saturated carbocycles. The van der Waals surface area contributed by atoms with Crippen molar-refractivity contribution in [3.8, 4) is 17.2 Å². The molecule has 0 unspecified atom stereocenters. The molecule has 190 valence electrons. The Morgan fingerprint density at radius 3 is 2.49 bits per heavy atom. The number of hydrogen-bond donors (Lipinski definition) is 0. The first-order valence-electron chi connectivity index (χ1n) is 12.3. The summed E-state index contributed by atoms with van der Waals surface area (Å²) in [4.78, 5) is 29.5. The Labute approximate surface area is 216 Å². The van der Waals surface area contributed by atoms with Crippen LogP contribution in [0.3, 0.4) is 0 Å². The summed E-state index contributed by atoms with van der Waals surface area (Å²) in [5.74, 6) is 0.631. The summed E-state index contributed by atoms with van der Waals surface area (Å²) in [5, 5.41) is 0. The van der Waals surface area contributed by atoms with Crippen molar-refractivity contribution in [2.45, 2.75) is 33.6 Å². The van der Waals surface area contributed by atoms with E-state index in [1.54, 1.807) is 48.5 Å². The lowest BCUT2D eigenvalue weighted by atomic mass is 10.1. The Morgan fingerprint density at radius 2 is 1.76 bits per heavy atom. The predicted octanol–water partition coefficient (Wildman–Crippen LogP) is 6.14. The van der Waals surface area contributed by atoms with E-state index < -0.39 is 11.9 Å². The van der Waals surface area contributed by atoms with E-state index in [4.69, 9.17) is 18.9 Å². The van der Waals surface area contributed by atoms with E-state index in [0.29, 0.717) is 35.7 Å². The highest BCUT2D eigenvalue weighted by molar-refractivity contribution is 6.12. The van der Waals surface area contributed by atoms with Gasteiger partial charge in [0, 0.05) is 5.56 Å². The first kappa shape index (κ1) is 25.7. The zero-order valence-corrected chi connectivity index (χ0v) is 21.2. The van der Waals surface area contributed by atoms with Crippen LogP contribution in [0.25, 0.3) is 6.08 Å². The fourth-order valence-corrected chi connectivity index (χ4v) is 3.64. The first-order valence-corrected chi connectivity index (χ1v) is 12.3. The second-order valence-electron chi connectivity index (χ2n) is 8.41. The fraction of sp³-hybridized carbons (Fsp3) is 0.233. The second kappa shape index (κ2) is 12.0. The van der Waals surface area contributed by atoms with Crippen LogP contribution < -0.4 is 14.2 Å². The summed E-state index contributed by atoms with van der Waals surface area (Å²) in [6.07, 6.45) is 3.65. The Morgan fingerprint density at radius 1 is 0.973 bits per heavy atom. The Balaban J connectivity index is 1.52. The minimum Gasteiger partial charge on any atom is -0.494 e. The molecule has 0 amide bonds. The molecular formula is C30H29NO6. The number of hydrogen-bond acceptors (Lipinski definition) is 7. The number of unbranched alkanes of at least 4 members (excludes halogenated alkanes) is 1. The fourth-order valence-electron chi connectivity index (χ4n) is 3.64. The van der Waals surface area contributed by atoms with Crippen molar-refractivity contribution >= 4 is 23.9 Å². The molecule has 0 atom stereocenters. The van der Waals surface area contributed by atoms with Gasteiger partial charge in [-0.15, -0.1) is 0 Å². The molecule has 7 heteroatoms. The van der Waals surface area contributed by atoms with Gasteiger partial charge in [-0.2, -0.15) is 0 Å². The molecule has 3 aromatic rings. The van der Waals surface area contributed by atoms with Crippen LogP contribution in [0.1, 0.15) is 53.7 Å². The summed E-state index contributed by atoms with van der Waals surface area (Å²) in [7, 11) is 0. The zero-order valence-electron chi connectivity index (χ0n) is 21.2. The first-order chi connectivity index (χ1) is 18.0. The van der Waals surface area contributed by atoms with Crippen LogP contribution in [-0.4, -0.2) is 31.1 Å². The van der Waals surface area contributed by atoms with Gasteiger partial charge in [0.2, 0.25) is 5.90 Å². The van der Waals surface area contributed by atoms with Gasteiger partial charge in [0.1, 0.15) is 5.75 Å². The van der Waals surface area contributed by atoms with Crippen LogP contribution in [0.4, 0.5) is 0 Å². The van der Waals surface area contributed by atoms with Crippen LogP contribution in [0.15, 0.2) is 77.4 Å². The Hall–Kier alpha value is -4.39. The lowest BCUT2D eigenvalue weighted by Gasteiger charge is -2.12. The van der Waals surface area contributed by atoms with Crippen LogP contribution >= 0.6 is 0 Å². The highest BCUT2D eigenvalue weighted by Gasteiger charge is 2.24. The second-order valence-corrected chi connectivity index (χ2v) is 8.41. The number of cyclic esters (lactones) is 1. The van der Waals surface area contributed by atoms with Gasteiger partial charge in [0.15, 0.2) is 17.2 Å². The number of benzene rings is 3. The van der Waals surface area contributed by atoms with Gasteiger partial charge in [-0.1, -0.05) is 37.6 Å². The minimum absolute atomic E-state index is 0.158. The number of ether oxygens (including phenoxy) is 4. The normalized spacial score (nSPS) is 13.8. The number of carbonyl (C=O) groups is 2. The molecule has 1 heterocycles. The molecule has 0 aliphatic carbocycles. The van der Waals surface area contributed by atoms with Gasteiger partial charge in [-0.05, 0) is 79.9 Å². The van der Waals surface area contributed by atoms with E-state index in [1.807, 2.05) is 38.1 Å². The lowest BCUT2D eigenvalue weighted by Crippen LogP contribution is -2.11. The third-order valence-corrected chi connectivity index (χ3v) is 5.63. The molecule has 4 rings (SSSR count). The molecule has 0 spiro atoms. The maximum atomic E-state index is 12.7. The summed E-state index contributed by atoms with van der Waals surface area (Å²) >= 11 is 0. The summed E-state index contributed by atoms with van der Waals surface area (Å²) < 4.78 is 22.4. The number of aliphatic imine (C=N–C) groups is 1. The number of aryl methyl sites for hydroxylation is 1. The zero-order chi connectivity index (χ0) is 26.2. The van der Waals surface area contributed by atoms with Crippen LogP contribution in [0, 0.1) is 6.92 Å². The predicted molar refractivity (Wildman–Crippen MR) is 141 cm³/mol. The molecule has 1 aliphatic heterocycles. The Bertz CT molecular complexity index is 1340. The van der Waals surface area contributed by atoms with Crippen molar-refractivity contribution in [1.29, 1.82) is 0 Å². The van der Waals surface area contributed by atoms with Crippen molar-refractivity contribution in [3.63, 3.8) is 0 Å². The largest absolute Gasteiger partial charge is 0.494 e. The molecule has 0 saturated heterocycles. The van der Waals surface area contributed by atoms with E-state index in [9.17, 15) is 9.59 Å².